The monoisotopic (exact) mass is 304 g/mol. The number of aliphatic hydroxyl groups excluding tert-OH is 1. The van der Waals surface area contributed by atoms with Gasteiger partial charge in [0.05, 0.1) is 6.61 Å². The van der Waals surface area contributed by atoms with E-state index in [-0.39, 0.29) is 19.0 Å². The molecule has 0 bridgehead atoms. The Balaban J connectivity index is 2.08. The first-order valence-electron chi connectivity index (χ1n) is 6.45. The van der Waals surface area contributed by atoms with Gasteiger partial charge in [-0.1, -0.05) is 29.5 Å². The number of hydrogen-bond acceptors (Lipinski definition) is 2. The Morgan fingerprint density at radius 3 is 2.81 bits per heavy atom. The van der Waals surface area contributed by atoms with Crippen LogP contribution < -0.4 is 4.74 Å². The molecule has 0 saturated carbocycles. The zero-order valence-corrected chi connectivity index (χ0v) is 12.0. The summed E-state index contributed by atoms with van der Waals surface area (Å²) in [6.07, 6.45) is 0.366. The van der Waals surface area contributed by atoms with Crippen molar-refractivity contribution in [3.8, 4) is 17.6 Å². The van der Waals surface area contributed by atoms with Gasteiger partial charge in [-0.15, -0.1) is 0 Å². The van der Waals surface area contributed by atoms with Crippen molar-refractivity contribution in [2.24, 2.45) is 0 Å². The number of rotatable bonds is 4. The molecule has 21 heavy (non-hydrogen) atoms. The van der Waals surface area contributed by atoms with Gasteiger partial charge in [-0.3, -0.25) is 0 Å². The lowest BCUT2D eigenvalue weighted by atomic mass is 10.1. The summed E-state index contributed by atoms with van der Waals surface area (Å²) in [5.74, 6) is 5.83. The normalized spacial score (nSPS) is 9.86. The third kappa shape index (κ3) is 5.11. The molecule has 4 heteroatoms. The third-order valence-corrected chi connectivity index (χ3v) is 2.86. The largest absolute Gasteiger partial charge is 0.489 e. The molecule has 108 valence electrons. The van der Waals surface area contributed by atoms with Gasteiger partial charge in [-0.2, -0.15) is 0 Å². The molecule has 0 atom stereocenters. The Morgan fingerprint density at radius 1 is 1.19 bits per heavy atom. The minimum absolute atomic E-state index is 0.00689. The molecule has 2 aromatic carbocycles. The Labute approximate surface area is 128 Å². The molecule has 0 aliphatic heterocycles. The van der Waals surface area contributed by atoms with Crippen LogP contribution in [-0.2, 0) is 6.61 Å². The van der Waals surface area contributed by atoms with E-state index in [2.05, 4.69) is 11.8 Å². The number of halogens is 2. The zero-order chi connectivity index (χ0) is 15.1. The topological polar surface area (TPSA) is 29.5 Å². The maximum atomic E-state index is 13.5. The molecule has 0 radical (unpaired) electrons. The number of aliphatic hydroxyl groups is 1. The van der Waals surface area contributed by atoms with E-state index in [0.29, 0.717) is 28.3 Å². The summed E-state index contributed by atoms with van der Waals surface area (Å²) < 4.78 is 19.1. The molecule has 0 aliphatic carbocycles. The second kappa shape index (κ2) is 7.68. The van der Waals surface area contributed by atoms with E-state index in [1.54, 1.807) is 30.3 Å². The number of ether oxygens (including phenoxy) is 1. The highest BCUT2D eigenvalue weighted by Gasteiger charge is 2.01. The fourth-order valence-corrected chi connectivity index (χ4v) is 1.93. The van der Waals surface area contributed by atoms with Crippen LogP contribution in [0.25, 0.3) is 0 Å². The minimum atomic E-state index is -0.365. The quantitative estimate of drug-likeness (QED) is 0.871. The highest BCUT2D eigenvalue weighted by atomic mass is 35.5. The van der Waals surface area contributed by atoms with Gasteiger partial charge in [0, 0.05) is 17.0 Å². The maximum Gasteiger partial charge on any atom is 0.124 e. The molecular weight excluding hydrogens is 291 g/mol. The van der Waals surface area contributed by atoms with Gasteiger partial charge in [0.15, 0.2) is 0 Å². The van der Waals surface area contributed by atoms with Crippen molar-refractivity contribution in [1.82, 2.24) is 0 Å². The highest BCUT2D eigenvalue weighted by Crippen LogP contribution is 2.19. The maximum absolute atomic E-state index is 13.5. The summed E-state index contributed by atoms with van der Waals surface area (Å²) in [6.45, 7) is 0.222. The van der Waals surface area contributed by atoms with Crippen molar-refractivity contribution in [3.05, 3.63) is 64.4 Å². The van der Waals surface area contributed by atoms with Gasteiger partial charge < -0.3 is 9.84 Å². The molecule has 0 fully saturated rings. The Hall–Kier alpha value is -2.02. The Kier molecular flexibility index (Phi) is 5.62. The minimum Gasteiger partial charge on any atom is -0.489 e. The smallest absolute Gasteiger partial charge is 0.124 e. The van der Waals surface area contributed by atoms with Crippen LogP contribution in [0.15, 0.2) is 42.5 Å². The van der Waals surface area contributed by atoms with Crippen molar-refractivity contribution in [1.29, 1.82) is 0 Å². The van der Waals surface area contributed by atoms with Crippen LogP contribution in [0.4, 0.5) is 4.39 Å². The van der Waals surface area contributed by atoms with Gasteiger partial charge >= 0.3 is 0 Å². The standard InChI is InChI=1S/C17H14ClFO2/c18-15-5-3-6-17(11-15)21-12-14-8-13(4-1-2-7-20)9-16(19)10-14/h3,5-6,8-11,20H,2,7,12H2. The SMILES string of the molecule is OCCC#Cc1cc(F)cc(COc2cccc(Cl)c2)c1. The van der Waals surface area contributed by atoms with Gasteiger partial charge in [0.2, 0.25) is 0 Å². The first-order chi connectivity index (χ1) is 10.2. The first-order valence-corrected chi connectivity index (χ1v) is 6.83. The van der Waals surface area contributed by atoms with E-state index in [4.69, 9.17) is 21.4 Å². The lowest BCUT2D eigenvalue weighted by Crippen LogP contribution is -1.97. The van der Waals surface area contributed by atoms with E-state index < -0.39 is 0 Å². The summed E-state index contributed by atoms with van der Waals surface area (Å²) in [7, 11) is 0. The number of benzene rings is 2. The van der Waals surface area contributed by atoms with Crippen LogP contribution in [0.5, 0.6) is 5.75 Å². The molecule has 0 heterocycles. The van der Waals surface area contributed by atoms with Gasteiger partial charge in [0.25, 0.3) is 0 Å². The number of hydrogen-bond donors (Lipinski definition) is 1. The molecule has 0 aliphatic rings. The Morgan fingerprint density at radius 2 is 2.05 bits per heavy atom. The van der Waals surface area contributed by atoms with Crippen LogP contribution in [0, 0.1) is 17.7 Å². The summed E-state index contributed by atoms with van der Waals surface area (Å²) in [4.78, 5) is 0. The van der Waals surface area contributed by atoms with E-state index in [1.807, 2.05) is 0 Å². The lowest BCUT2D eigenvalue weighted by molar-refractivity contribution is 0.305. The second-order valence-corrected chi connectivity index (χ2v) is 4.81. The van der Waals surface area contributed by atoms with Crippen LogP contribution in [-0.4, -0.2) is 11.7 Å². The molecule has 0 spiro atoms. The molecule has 2 rings (SSSR count). The summed E-state index contributed by atoms with van der Waals surface area (Å²) in [6, 6.07) is 11.5. The van der Waals surface area contributed by atoms with Crippen LogP contribution >= 0.6 is 11.6 Å². The third-order valence-electron chi connectivity index (χ3n) is 2.63. The average molecular weight is 305 g/mol. The van der Waals surface area contributed by atoms with Crippen molar-refractivity contribution in [3.63, 3.8) is 0 Å². The van der Waals surface area contributed by atoms with Crippen LogP contribution in [0.3, 0.4) is 0 Å². The van der Waals surface area contributed by atoms with E-state index in [1.165, 1.54) is 12.1 Å². The molecule has 2 aromatic rings. The summed E-state index contributed by atoms with van der Waals surface area (Å²) in [5, 5.41) is 9.26. The molecule has 0 unspecified atom stereocenters. The van der Waals surface area contributed by atoms with Crippen molar-refractivity contribution >= 4 is 11.6 Å². The van der Waals surface area contributed by atoms with Crippen molar-refractivity contribution < 1.29 is 14.2 Å². The summed E-state index contributed by atoms with van der Waals surface area (Å²) in [5.41, 5.74) is 1.25. The molecule has 0 saturated heterocycles. The fourth-order valence-electron chi connectivity index (χ4n) is 1.75. The van der Waals surface area contributed by atoms with Crippen LogP contribution in [0.1, 0.15) is 17.5 Å². The van der Waals surface area contributed by atoms with Gasteiger partial charge in [-0.05, 0) is 42.0 Å². The van der Waals surface area contributed by atoms with Crippen molar-refractivity contribution in [2.75, 3.05) is 6.61 Å². The molecule has 2 nitrogen and oxygen atoms in total. The van der Waals surface area contributed by atoms with E-state index in [9.17, 15) is 4.39 Å². The molecular formula is C17H14ClFO2. The highest BCUT2D eigenvalue weighted by molar-refractivity contribution is 6.30. The van der Waals surface area contributed by atoms with Crippen molar-refractivity contribution in [2.45, 2.75) is 13.0 Å². The Bertz CT molecular complexity index is 674. The van der Waals surface area contributed by atoms with E-state index in [0.717, 1.165) is 0 Å². The van der Waals surface area contributed by atoms with Gasteiger partial charge in [-0.25, -0.2) is 4.39 Å². The van der Waals surface area contributed by atoms with Gasteiger partial charge in [0.1, 0.15) is 18.2 Å². The predicted octanol–water partition coefficient (Wildman–Crippen LogP) is 3.79. The summed E-state index contributed by atoms with van der Waals surface area (Å²) >= 11 is 5.87. The van der Waals surface area contributed by atoms with Crippen LogP contribution in [0.2, 0.25) is 5.02 Å². The average Bonchev–Trinajstić information content (AvgIpc) is 2.45. The second-order valence-electron chi connectivity index (χ2n) is 4.37. The fraction of sp³-hybridized carbons (Fsp3) is 0.176. The molecule has 0 aromatic heterocycles. The van der Waals surface area contributed by atoms with E-state index >= 15 is 0 Å². The molecule has 0 amide bonds. The first kappa shape index (κ1) is 15.4. The predicted molar refractivity (Wildman–Crippen MR) is 80.8 cm³/mol. The zero-order valence-electron chi connectivity index (χ0n) is 11.3. The molecule has 1 N–H and O–H groups in total. The lowest BCUT2D eigenvalue weighted by Gasteiger charge is -2.07.